The number of carboxylic acids is 1. The van der Waals surface area contributed by atoms with Gasteiger partial charge in [0.25, 0.3) is 0 Å². The number of carboxylic acid groups (broad SMARTS) is 1. The molecule has 2 aromatic heterocycles. The lowest BCUT2D eigenvalue weighted by atomic mass is 10.3. The van der Waals surface area contributed by atoms with Crippen LogP contribution in [-0.4, -0.2) is 34.1 Å². The zero-order valence-corrected chi connectivity index (χ0v) is 11.3. The lowest BCUT2D eigenvalue weighted by Crippen LogP contribution is -2.30. The molecular weight excluding hydrogens is 262 g/mol. The maximum Gasteiger partial charge on any atom is 0.323 e. The van der Waals surface area contributed by atoms with Gasteiger partial charge in [-0.15, -0.1) is 17.8 Å². The van der Waals surface area contributed by atoms with E-state index in [0.29, 0.717) is 5.82 Å². The molecule has 98 valence electrons. The topological polar surface area (TPSA) is 66.3 Å². The molecule has 2 rings (SSSR count). The molecule has 0 unspecified atom stereocenters. The van der Waals surface area contributed by atoms with Gasteiger partial charge in [0.15, 0.2) is 0 Å². The fourth-order valence-corrected chi connectivity index (χ4v) is 2.73. The van der Waals surface area contributed by atoms with Gasteiger partial charge in [-0.25, -0.2) is 9.97 Å². The standard InChI is InChI=1S/C13H13N3O2S/c1-3-5-16(7-11(17)18)12-10-6-9(4-2)19-13(10)15-8-14-12/h1,6,8H,4-5,7H2,2H3,(H,17,18). The second-order valence-corrected chi connectivity index (χ2v) is 5.05. The summed E-state index contributed by atoms with van der Waals surface area (Å²) in [7, 11) is 0. The van der Waals surface area contributed by atoms with Crippen molar-refractivity contribution in [1.82, 2.24) is 9.97 Å². The Morgan fingerprint density at radius 2 is 2.37 bits per heavy atom. The van der Waals surface area contributed by atoms with Gasteiger partial charge >= 0.3 is 5.97 Å². The number of rotatable bonds is 5. The predicted octanol–water partition coefficient (Wildman–Crippen LogP) is 1.78. The first-order valence-electron chi connectivity index (χ1n) is 5.79. The van der Waals surface area contributed by atoms with Crippen LogP contribution in [0.2, 0.25) is 0 Å². The Balaban J connectivity index is 2.49. The highest BCUT2D eigenvalue weighted by atomic mass is 32.1. The number of aryl methyl sites for hydroxylation is 1. The molecule has 0 fully saturated rings. The first kappa shape index (κ1) is 13.3. The van der Waals surface area contributed by atoms with Crippen LogP contribution in [0.25, 0.3) is 10.2 Å². The number of nitrogens with zero attached hydrogens (tertiary/aromatic N) is 3. The first-order valence-corrected chi connectivity index (χ1v) is 6.61. The summed E-state index contributed by atoms with van der Waals surface area (Å²) in [5.74, 6) is 2.11. The number of thiophene rings is 1. The smallest absolute Gasteiger partial charge is 0.323 e. The van der Waals surface area contributed by atoms with Gasteiger partial charge in [0.1, 0.15) is 23.5 Å². The van der Waals surface area contributed by atoms with Crippen LogP contribution in [0, 0.1) is 12.3 Å². The van der Waals surface area contributed by atoms with Gasteiger partial charge in [0.2, 0.25) is 0 Å². The molecule has 6 heteroatoms. The maximum atomic E-state index is 10.9. The number of fused-ring (bicyclic) bond motifs is 1. The van der Waals surface area contributed by atoms with Crippen molar-refractivity contribution < 1.29 is 9.90 Å². The van der Waals surface area contributed by atoms with Gasteiger partial charge in [-0.05, 0) is 12.5 Å². The zero-order chi connectivity index (χ0) is 13.8. The number of anilines is 1. The summed E-state index contributed by atoms with van der Waals surface area (Å²) in [5, 5.41) is 9.81. The van der Waals surface area contributed by atoms with E-state index in [2.05, 4.69) is 22.8 Å². The molecule has 1 N–H and O–H groups in total. The van der Waals surface area contributed by atoms with E-state index in [-0.39, 0.29) is 13.1 Å². The number of hydrogen-bond donors (Lipinski definition) is 1. The maximum absolute atomic E-state index is 10.9. The van der Waals surface area contributed by atoms with Gasteiger partial charge in [0, 0.05) is 4.88 Å². The third-order valence-electron chi connectivity index (χ3n) is 2.62. The van der Waals surface area contributed by atoms with Crippen LogP contribution >= 0.6 is 11.3 Å². The van der Waals surface area contributed by atoms with Crippen LogP contribution in [0.3, 0.4) is 0 Å². The summed E-state index contributed by atoms with van der Waals surface area (Å²) in [6, 6.07) is 2.00. The second kappa shape index (κ2) is 5.67. The molecule has 0 aliphatic carbocycles. The van der Waals surface area contributed by atoms with E-state index in [9.17, 15) is 4.79 Å². The molecule has 5 nitrogen and oxygen atoms in total. The molecule has 0 radical (unpaired) electrons. The van der Waals surface area contributed by atoms with Gasteiger partial charge < -0.3 is 10.0 Å². The predicted molar refractivity (Wildman–Crippen MR) is 75.5 cm³/mol. The number of aromatic nitrogens is 2. The summed E-state index contributed by atoms with van der Waals surface area (Å²) < 4.78 is 0. The molecule has 19 heavy (non-hydrogen) atoms. The van der Waals surface area contributed by atoms with Crippen molar-refractivity contribution in [3.05, 3.63) is 17.3 Å². The van der Waals surface area contributed by atoms with Crippen LogP contribution in [-0.2, 0) is 11.2 Å². The van der Waals surface area contributed by atoms with E-state index in [0.717, 1.165) is 16.6 Å². The van der Waals surface area contributed by atoms with E-state index < -0.39 is 5.97 Å². The highest BCUT2D eigenvalue weighted by Gasteiger charge is 2.16. The van der Waals surface area contributed by atoms with Crippen molar-refractivity contribution in [3.8, 4) is 12.3 Å². The van der Waals surface area contributed by atoms with Gasteiger partial charge in [-0.2, -0.15) is 0 Å². The molecule has 0 spiro atoms. The van der Waals surface area contributed by atoms with Crippen LogP contribution in [0.1, 0.15) is 11.8 Å². The lowest BCUT2D eigenvalue weighted by molar-refractivity contribution is -0.135. The highest BCUT2D eigenvalue weighted by Crippen LogP contribution is 2.30. The molecule has 2 heterocycles. The average Bonchev–Trinajstić information content (AvgIpc) is 2.80. The van der Waals surface area contributed by atoms with Gasteiger partial charge in [-0.3, -0.25) is 4.79 Å². The molecule has 0 aliphatic rings. The van der Waals surface area contributed by atoms with Crippen molar-refractivity contribution in [3.63, 3.8) is 0 Å². The number of terminal acetylenes is 1. The van der Waals surface area contributed by atoms with Crippen molar-refractivity contribution in [2.45, 2.75) is 13.3 Å². The summed E-state index contributed by atoms with van der Waals surface area (Å²) in [6.07, 6.45) is 7.65. The van der Waals surface area contributed by atoms with Gasteiger partial charge in [0.05, 0.1) is 11.9 Å². The summed E-state index contributed by atoms with van der Waals surface area (Å²) in [5.41, 5.74) is 0. The number of carbonyl (C=O) groups is 1. The fraction of sp³-hybridized carbons (Fsp3) is 0.308. The largest absolute Gasteiger partial charge is 0.480 e. The van der Waals surface area contributed by atoms with E-state index in [1.54, 1.807) is 16.2 Å². The Hall–Kier alpha value is -2.13. The minimum Gasteiger partial charge on any atom is -0.480 e. The van der Waals surface area contributed by atoms with E-state index >= 15 is 0 Å². The zero-order valence-electron chi connectivity index (χ0n) is 10.5. The van der Waals surface area contributed by atoms with Crippen molar-refractivity contribution >= 4 is 33.3 Å². The molecule has 0 aliphatic heterocycles. The Labute approximate surface area is 114 Å². The Kier molecular flexibility index (Phi) is 3.97. The number of hydrogen-bond acceptors (Lipinski definition) is 5. The molecule has 0 atom stereocenters. The number of aliphatic carboxylic acids is 1. The monoisotopic (exact) mass is 275 g/mol. The molecular formula is C13H13N3O2S. The summed E-state index contributed by atoms with van der Waals surface area (Å²) in [4.78, 5) is 22.9. The Morgan fingerprint density at radius 3 is 3.00 bits per heavy atom. The molecule has 0 amide bonds. The van der Waals surface area contributed by atoms with Crippen molar-refractivity contribution in [2.75, 3.05) is 18.0 Å². The minimum atomic E-state index is -0.937. The molecule has 0 bridgehead atoms. The van der Waals surface area contributed by atoms with E-state index in [1.165, 1.54) is 11.2 Å². The van der Waals surface area contributed by atoms with Crippen LogP contribution in [0.4, 0.5) is 5.82 Å². The molecule has 0 aromatic carbocycles. The fourth-order valence-electron chi connectivity index (χ4n) is 1.80. The van der Waals surface area contributed by atoms with Crippen LogP contribution in [0.5, 0.6) is 0 Å². The lowest BCUT2D eigenvalue weighted by Gasteiger charge is -2.19. The quantitative estimate of drug-likeness (QED) is 0.842. The van der Waals surface area contributed by atoms with Crippen molar-refractivity contribution in [2.24, 2.45) is 0 Å². The third kappa shape index (κ3) is 2.83. The summed E-state index contributed by atoms with van der Waals surface area (Å²) in [6.45, 7) is 2.09. The molecule has 0 saturated heterocycles. The normalized spacial score (nSPS) is 10.3. The molecule has 2 aromatic rings. The molecule has 0 saturated carbocycles. The first-order chi connectivity index (χ1) is 9.15. The van der Waals surface area contributed by atoms with Crippen molar-refractivity contribution in [1.29, 1.82) is 0 Å². The third-order valence-corrected chi connectivity index (χ3v) is 3.80. The second-order valence-electron chi connectivity index (χ2n) is 3.94. The van der Waals surface area contributed by atoms with E-state index in [4.69, 9.17) is 11.5 Å². The Morgan fingerprint density at radius 1 is 1.58 bits per heavy atom. The SMILES string of the molecule is C#CCN(CC(=O)O)c1ncnc2sc(CC)cc12. The van der Waals surface area contributed by atoms with Crippen LogP contribution in [0.15, 0.2) is 12.4 Å². The van der Waals surface area contributed by atoms with Gasteiger partial charge in [-0.1, -0.05) is 12.8 Å². The Bertz CT molecular complexity index is 645. The highest BCUT2D eigenvalue weighted by molar-refractivity contribution is 7.18. The van der Waals surface area contributed by atoms with E-state index in [1.807, 2.05) is 6.07 Å². The average molecular weight is 275 g/mol. The van der Waals surface area contributed by atoms with Crippen LogP contribution < -0.4 is 4.90 Å². The minimum absolute atomic E-state index is 0.173. The summed E-state index contributed by atoms with van der Waals surface area (Å²) >= 11 is 1.59.